The molecule has 2 aromatic carbocycles. The number of pyridine rings is 2. The van der Waals surface area contributed by atoms with Gasteiger partial charge in [-0.1, -0.05) is 30.3 Å². The van der Waals surface area contributed by atoms with Crippen LogP contribution in [0.1, 0.15) is 10.4 Å². The van der Waals surface area contributed by atoms with Crippen molar-refractivity contribution >= 4 is 44.9 Å². The van der Waals surface area contributed by atoms with Gasteiger partial charge < -0.3 is 10.3 Å². The topological polar surface area (TPSA) is 112 Å². The van der Waals surface area contributed by atoms with Crippen LogP contribution in [0.5, 0.6) is 0 Å². The third-order valence-corrected chi connectivity index (χ3v) is 7.24. The van der Waals surface area contributed by atoms with Crippen molar-refractivity contribution in [1.82, 2.24) is 30.1 Å². The Kier molecular flexibility index (Phi) is 5.26. The maximum Gasteiger partial charge on any atom is 0.255 e. The van der Waals surface area contributed by atoms with E-state index >= 15 is 0 Å². The zero-order valence-electron chi connectivity index (χ0n) is 19.8. The lowest BCUT2D eigenvalue weighted by Crippen LogP contribution is -2.11. The number of benzene rings is 2. The number of aromatic nitrogens is 6. The molecule has 0 aliphatic carbocycles. The second kappa shape index (κ2) is 9.06. The molecule has 7 rings (SSSR count). The Morgan fingerprint density at radius 1 is 0.842 bits per heavy atom. The Bertz CT molecular complexity index is 1920. The van der Waals surface area contributed by atoms with Gasteiger partial charge in [-0.25, -0.2) is 4.98 Å². The van der Waals surface area contributed by atoms with Crippen molar-refractivity contribution in [2.75, 3.05) is 5.32 Å². The number of hydrogen-bond acceptors (Lipinski definition) is 6. The van der Waals surface area contributed by atoms with E-state index in [0.717, 1.165) is 49.2 Å². The third-order valence-electron chi connectivity index (χ3n) is 6.33. The van der Waals surface area contributed by atoms with E-state index in [0.29, 0.717) is 17.1 Å². The average Bonchev–Trinajstić information content (AvgIpc) is 3.73. The van der Waals surface area contributed by atoms with Gasteiger partial charge in [-0.15, -0.1) is 11.3 Å². The summed E-state index contributed by atoms with van der Waals surface area (Å²) >= 11 is 1.66. The van der Waals surface area contributed by atoms with E-state index in [1.807, 2.05) is 54.0 Å². The van der Waals surface area contributed by atoms with Gasteiger partial charge in [0.15, 0.2) is 5.82 Å². The number of hydrogen-bond donors (Lipinski definition) is 3. The number of amides is 1. The van der Waals surface area contributed by atoms with Gasteiger partial charge in [0.2, 0.25) is 0 Å². The number of carbonyl (C=O) groups is 1. The first-order valence-electron chi connectivity index (χ1n) is 11.9. The van der Waals surface area contributed by atoms with Gasteiger partial charge in [-0.05, 0) is 47.3 Å². The van der Waals surface area contributed by atoms with E-state index in [9.17, 15) is 4.79 Å². The molecule has 0 spiro atoms. The SMILES string of the molecule is O=C(Nc1cncc(-c2ccc3[nH]nc(-c4nc5c(-c6cccs6)cncc5[nH]4)c3c2)c1)c1ccccc1. The summed E-state index contributed by atoms with van der Waals surface area (Å²) in [6, 6.07) is 21.1. The number of aromatic amines is 2. The second-order valence-electron chi connectivity index (χ2n) is 8.76. The fourth-order valence-corrected chi connectivity index (χ4v) is 5.23. The molecule has 3 N–H and O–H groups in total. The van der Waals surface area contributed by atoms with Crippen LogP contribution in [-0.2, 0) is 0 Å². The molecule has 0 unspecified atom stereocenters. The summed E-state index contributed by atoms with van der Waals surface area (Å²) in [6.07, 6.45) is 7.04. The number of anilines is 1. The van der Waals surface area contributed by atoms with Crippen LogP contribution >= 0.6 is 11.3 Å². The molecule has 5 aromatic heterocycles. The van der Waals surface area contributed by atoms with E-state index < -0.39 is 0 Å². The summed E-state index contributed by atoms with van der Waals surface area (Å²) in [5.74, 6) is 0.481. The molecule has 8 nitrogen and oxygen atoms in total. The smallest absolute Gasteiger partial charge is 0.255 e. The lowest BCUT2D eigenvalue weighted by molar-refractivity contribution is 0.102. The Hall–Kier alpha value is -5.15. The van der Waals surface area contributed by atoms with E-state index in [1.54, 1.807) is 42.1 Å². The van der Waals surface area contributed by atoms with Gasteiger partial charge in [0.25, 0.3) is 5.91 Å². The maximum absolute atomic E-state index is 12.6. The molecule has 0 aliphatic heterocycles. The molecule has 182 valence electrons. The first kappa shape index (κ1) is 22.1. The summed E-state index contributed by atoms with van der Waals surface area (Å²) < 4.78 is 0. The van der Waals surface area contributed by atoms with Gasteiger partial charge in [0.1, 0.15) is 11.2 Å². The average molecular weight is 514 g/mol. The van der Waals surface area contributed by atoms with Gasteiger partial charge >= 0.3 is 0 Å². The van der Waals surface area contributed by atoms with Crippen molar-refractivity contribution in [3.63, 3.8) is 0 Å². The fourth-order valence-electron chi connectivity index (χ4n) is 4.49. The highest BCUT2D eigenvalue weighted by Gasteiger charge is 2.17. The Morgan fingerprint density at radius 3 is 2.61 bits per heavy atom. The highest BCUT2D eigenvalue weighted by atomic mass is 32.1. The van der Waals surface area contributed by atoms with Crippen LogP contribution in [0.3, 0.4) is 0 Å². The number of carbonyl (C=O) groups excluding carboxylic acids is 1. The summed E-state index contributed by atoms with van der Waals surface area (Å²) in [5.41, 5.74) is 7.33. The first-order chi connectivity index (χ1) is 18.7. The molecule has 1 amide bonds. The highest BCUT2D eigenvalue weighted by Crippen LogP contribution is 2.34. The third kappa shape index (κ3) is 3.91. The van der Waals surface area contributed by atoms with Crippen molar-refractivity contribution in [2.45, 2.75) is 0 Å². The van der Waals surface area contributed by atoms with E-state index in [2.05, 4.69) is 42.6 Å². The number of rotatable bonds is 5. The van der Waals surface area contributed by atoms with Crippen molar-refractivity contribution in [2.24, 2.45) is 0 Å². The van der Waals surface area contributed by atoms with Crippen LogP contribution < -0.4 is 5.32 Å². The molecule has 0 radical (unpaired) electrons. The fraction of sp³-hybridized carbons (Fsp3) is 0. The van der Waals surface area contributed by atoms with Crippen LogP contribution in [0.15, 0.2) is 96.9 Å². The molecule has 5 heterocycles. The number of fused-ring (bicyclic) bond motifs is 2. The largest absolute Gasteiger partial charge is 0.335 e. The summed E-state index contributed by atoms with van der Waals surface area (Å²) in [4.78, 5) is 30.8. The van der Waals surface area contributed by atoms with Crippen molar-refractivity contribution in [3.05, 3.63) is 102 Å². The van der Waals surface area contributed by atoms with Gasteiger partial charge in [0.05, 0.1) is 29.1 Å². The quantitative estimate of drug-likeness (QED) is 0.242. The molecule has 0 saturated carbocycles. The molecule has 7 aromatic rings. The van der Waals surface area contributed by atoms with Crippen LogP contribution in [-0.4, -0.2) is 36.0 Å². The maximum atomic E-state index is 12.6. The van der Waals surface area contributed by atoms with Crippen LogP contribution in [0.2, 0.25) is 0 Å². The zero-order valence-corrected chi connectivity index (χ0v) is 20.7. The zero-order chi connectivity index (χ0) is 25.5. The molecule has 0 atom stereocenters. The van der Waals surface area contributed by atoms with E-state index in [1.165, 1.54) is 0 Å². The predicted molar refractivity (Wildman–Crippen MR) is 150 cm³/mol. The minimum Gasteiger partial charge on any atom is -0.335 e. The molecule has 0 fully saturated rings. The van der Waals surface area contributed by atoms with Crippen LogP contribution in [0.4, 0.5) is 5.69 Å². The summed E-state index contributed by atoms with van der Waals surface area (Å²) in [7, 11) is 0. The van der Waals surface area contributed by atoms with Crippen molar-refractivity contribution in [1.29, 1.82) is 0 Å². The minimum absolute atomic E-state index is 0.182. The Balaban J connectivity index is 1.25. The second-order valence-corrected chi connectivity index (χ2v) is 9.71. The normalized spacial score (nSPS) is 11.3. The van der Waals surface area contributed by atoms with E-state index in [-0.39, 0.29) is 5.91 Å². The number of H-pyrrole nitrogens is 2. The molecule has 0 aliphatic rings. The van der Waals surface area contributed by atoms with Gasteiger partial charge in [0, 0.05) is 39.3 Å². The lowest BCUT2D eigenvalue weighted by Gasteiger charge is -2.08. The number of imidazole rings is 1. The van der Waals surface area contributed by atoms with Gasteiger partial charge in [-0.3, -0.25) is 19.9 Å². The molecule has 38 heavy (non-hydrogen) atoms. The Labute approximate surface area is 220 Å². The van der Waals surface area contributed by atoms with Crippen molar-refractivity contribution in [3.8, 4) is 33.1 Å². The standard InChI is InChI=1S/C29H19N7OS/c37-29(17-5-2-1-3-6-17)32-20-11-19(13-30-14-20)18-8-9-23-21(12-18)27(36-35-23)28-33-24-16-31-15-22(26(24)34-28)25-7-4-10-38-25/h1-16H,(H,32,37)(H,33,34)(H,35,36). The first-order valence-corrected chi connectivity index (χ1v) is 12.8. The molecular formula is C29H19N7OS. The van der Waals surface area contributed by atoms with Crippen LogP contribution in [0, 0.1) is 0 Å². The molecule has 0 bridgehead atoms. The van der Waals surface area contributed by atoms with Crippen LogP contribution in [0.25, 0.3) is 55.0 Å². The highest BCUT2D eigenvalue weighted by molar-refractivity contribution is 7.13. The molecular weight excluding hydrogens is 494 g/mol. The number of nitrogens with zero attached hydrogens (tertiary/aromatic N) is 4. The number of thiophene rings is 1. The van der Waals surface area contributed by atoms with Gasteiger partial charge in [-0.2, -0.15) is 5.10 Å². The number of nitrogens with one attached hydrogen (secondary N) is 3. The lowest BCUT2D eigenvalue weighted by atomic mass is 10.0. The summed E-state index contributed by atoms with van der Waals surface area (Å²) in [5, 5.41) is 13.6. The predicted octanol–water partition coefficient (Wildman–Crippen LogP) is 6.54. The minimum atomic E-state index is -0.182. The summed E-state index contributed by atoms with van der Waals surface area (Å²) in [6.45, 7) is 0. The molecule has 0 saturated heterocycles. The Morgan fingerprint density at radius 2 is 1.74 bits per heavy atom. The van der Waals surface area contributed by atoms with E-state index in [4.69, 9.17) is 4.98 Å². The monoisotopic (exact) mass is 513 g/mol. The molecule has 9 heteroatoms. The van der Waals surface area contributed by atoms with Crippen molar-refractivity contribution < 1.29 is 4.79 Å².